The van der Waals surface area contributed by atoms with Crippen LogP contribution in [0.4, 0.5) is 0 Å². The van der Waals surface area contributed by atoms with Crippen molar-refractivity contribution in [2.75, 3.05) is 0 Å². The summed E-state index contributed by atoms with van der Waals surface area (Å²) in [5.41, 5.74) is 3.29. The zero-order valence-electron chi connectivity index (χ0n) is 14.5. The number of benzene rings is 1. The largest absolute Gasteiger partial charge is 0.334 e. The zero-order valence-corrected chi connectivity index (χ0v) is 15.2. The first-order chi connectivity index (χ1) is 13.1. The molecule has 0 unspecified atom stereocenters. The molecule has 0 aliphatic rings. The van der Waals surface area contributed by atoms with Gasteiger partial charge in [0.15, 0.2) is 0 Å². The van der Waals surface area contributed by atoms with Gasteiger partial charge in [-0.1, -0.05) is 35.0 Å². The van der Waals surface area contributed by atoms with E-state index < -0.39 is 0 Å². The van der Waals surface area contributed by atoms with Crippen LogP contribution in [0.5, 0.6) is 0 Å². The van der Waals surface area contributed by atoms with E-state index in [2.05, 4.69) is 15.1 Å². The molecule has 4 rings (SSSR count). The molecule has 0 saturated carbocycles. The van der Waals surface area contributed by atoms with Crippen molar-refractivity contribution in [3.63, 3.8) is 0 Å². The minimum Gasteiger partial charge on any atom is -0.334 e. The summed E-state index contributed by atoms with van der Waals surface area (Å²) < 4.78 is 6.97. The van der Waals surface area contributed by atoms with E-state index in [1.807, 2.05) is 25.1 Å². The summed E-state index contributed by atoms with van der Waals surface area (Å²) in [6, 6.07) is 12.4. The number of nitrogens with zero attached hydrogens (tertiary/aromatic N) is 4. The van der Waals surface area contributed by atoms with Crippen LogP contribution < -0.4 is 5.56 Å². The lowest BCUT2D eigenvalue weighted by atomic mass is 10.2. The van der Waals surface area contributed by atoms with Crippen LogP contribution in [0.3, 0.4) is 0 Å². The van der Waals surface area contributed by atoms with Gasteiger partial charge in [0.1, 0.15) is 0 Å². The minimum absolute atomic E-state index is 0.116. The third-order valence-electron chi connectivity index (χ3n) is 4.02. The van der Waals surface area contributed by atoms with Crippen LogP contribution >= 0.6 is 11.6 Å². The fraction of sp³-hybridized carbons (Fsp3) is 0.100. The third-order valence-corrected chi connectivity index (χ3v) is 4.26. The number of hydrogen-bond donors (Lipinski definition) is 0. The molecule has 0 aliphatic carbocycles. The maximum atomic E-state index is 12.2. The van der Waals surface area contributed by atoms with Gasteiger partial charge in [0.2, 0.25) is 5.82 Å². The first-order valence-corrected chi connectivity index (χ1v) is 8.67. The number of aromatic nitrogens is 4. The third kappa shape index (κ3) is 3.80. The molecule has 7 heteroatoms. The van der Waals surface area contributed by atoms with Crippen molar-refractivity contribution >= 4 is 11.6 Å². The zero-order chi connectivity index (χ0) is 18.8. The Labute approximate surface area is 160 Å². The molecule has 0 amide bonds. The summed E-state index contributed by atoms with van der Waals surface area (Å²) >= 11 is 6.02. The summed E-state index contributed by atoms with van der Waals surface area (Å²) in [7, 11) is 0. The summed E-state index contributed by atoms with van der Waals surface area (Å²) in [6.07, 6.45) is 5.23. The second kappa shape index (κ2) is 7.17. The first-order valence-electron chi connectivity index (χ1n) is 8.29. The molecular formula is C20H15ClN4O2. The van der Waals surface area contributed by atoms with Crippen LogP contribution in [0.15, 0.2) is 70.4 Å². The highest BCUT2D eigenvalue weighted by Gasteiger charge is 2.12. The Balaban J connectivity index is 1.66. The molecule has 27 heavy (non-hydrogen) atoms. The smallest absolute Gasteiger partial charge is 0.259 e. The van der Waals surface area contributed by atoms with Crippen LogP contribution in [0.1, 0.15) is 11.1 Å². The molecule has 0 bridgehead atoms. The van der Waals surface area contributed by atoms with Gasteiger partial charge in [-0.05, 0) is 36.2 Å². The van der Waals surface area contributed by atoms with Crippen molar-refractivity contribution in [3.05, 3.63) is 87.6 Å². The molecular weight excluding hydrogens is 364 g/mol. The SMILES string of the molecule is Cc1cncc(Cn2cc(-c3nc(-c4cccc(Cl)c4)no3)ccc2=O)c1. The molecule has 0 N–H and O–H groups in total. The number of halogens is 1. The second-order valence-corrected chi connectivity index (χ2v) is 6.62. The number of rotatable bonds is 4. The van der Waals surface area contributed by atoms with E-state index in [1.54, 1.807) is 41.4 Å². The van der Waals surface area contributed by atoms with E-state index in [0.717, 1.165) is 16.7 Å². The highest BCUT2D eigenvalue weighted by molar-refractivity contribution is 6.30. The Kier molecular flexibility index (Phi) is 4.56. The van der Waals surface area contributed by atoms with Crippen LogP contribution in [-0.4, -0.2) is 19.7 Å². The molecule has 0 radical (unpaired) electrons. The maximum Gasteiger partial charge on any atom is 0.259 e. The van der Waals surface area contributed by atoms with Gasteiger partial charge in [-0.2, -0.15) is 4.98 Å². The summed E-state index contributed by atoms with van der Waals surface area (Å²) in [4.78, 5) is 20.8. The Morgan fingerprint density at radius 3 is 2.81 bits per heavy atom. The van der Waals surface area contributed by atoms with Gasteiger partial charge < -0.3 is 9.09 Å². The lowest BCUT2D eigenvalue weighted by Crippen LogP contribution is -2.19. The lowest BCUT2D eigenvalue weighted by Gasteiger charge is -2.07. The normalized spacial score (nSPS) is 10.9. The minimum atomic E-state index is -0.116. The van der Waals surface area contributed by atoms with E-state index in [4.69, 9.17) is 16.1 Å². The van der Waals surface area contributed by atoms with Gasteiger partial charge in [0.05, 0.1) is 12.1 Å². The molecule has 0 spiro atoms. The summed E-state index contributed by atoms with van der Waals surface area (Å²) in [5.74, 6) is 0.772. The summed E-state index contributed by atoms with van der Waals surface area (Å²) in [5, 5.41) is 4.61. The number of pyridine rings is 2. The molecule has 0 aliphatic heterocycles. The molecule has 0 atom stereocenters. The van der Waals surface area contributed by atoms with Gasteiger partial charge in [-0.15, -0.1) is 0 Å². The standard InChI is InChI=1S/C20H15ClN4O2/c1-13-7-14(10-22-9-13)11-25-12-16(5-6-18(25)26)20-23-19(24-27-20)15-3-2-4-17(21)8-15/h2-10,12H,11H2,1H3. The van der Waals surface area contributed by atoms with Crippen molar-refractivity contribution in [2.45, 2.75) is 13.5 Å². The van der Waals surface area contributed by atoms with Crippen molar-refractivity contribution in [1.82, 2.24) is 19.7 Å². The van der Waals surface area contributed by atoms with Crippen LogP contribution in [0.25, 0.3) is 22.8 Å². The monoisotopic (exact) mass is 378 g/mol. The van der Waals surface area contributed by atoms with E-state index in [1.165, 1.54) is 6.07 Å². The Hall–Kier alpha value is -3.25. The average molecular weight is 379 g/mol. The summed E-state index contributed by atoms with van der Waals surface area (Å²) in [6.45, 7) is 2.38. The molecule has 134 valence electrons. The maximum absolute atomic E-state index is 12.2. The molecule has 3 heterocycles. The average Bonchev–Trinajstić information content (AvgIpc) is 3.14. The number of hydrogen-bond acceptors (Lipinski definition) is 5. The topological polar surface area (TPSA) is 73.8 Å². The van der Waals surface area contributed by atoms with Crippen LogP contribution in [0, 0.1) is 6.92 Å². The number of aryl methyl sites for hydroxylation is 1. The lowest BCUT2D eigenvalue weighted by molar-refractivity contribution is 0.432. The van der Waals surface area contributed by atoms with Gasteiger partial charge in [-0.25, -0.2) is 0 Å². The molecule has 3 aromatic heterocycles. The molecule has 0 fully saturated rings. The molecule has 6 nitrogen and oxygen atoms in total. The van der Waals surface area contributed by atoms with Gasteiger partial charge >= 0.3 is 0 Å². The van der Waals surface area contributed by atoms with Crippen molar-refractivity contribution < 1.29 is 4.52 Å². The second-order valence-electron chi connectivity index (χ2n) is 6.19. The van der Waals surface area contributed by atoms with Crippen LogP contribution in [-0.2, 0) is 6.54 Å². The Morgan fingerprint density at radius 2 is 2.00 bits per heavy atom. The molecule has 1 aromatic carbocycles. The quantitative estimate of drug-likeness (QED) is 0.537. The van der Waals surface area contributed by atoms with Crippen molar-refractivity contribution in [1.29, 1.82) is 0 Å². The first kappa shape index (κ1) is 17.2. The molecule has 4 aromatic rings. The van der Waals surface area contributed by atoms with E-state index >= 15 is 0 Å². The fourth-order valence-corrected chi connectivity index (χ4v) is 2.96. The van der Waals surface area contributed by atoms with E-state index in [-0.39, 0.29) is 5.56 Å². The van der Waals surface area contributed by atoms with Crippen LogP contribution in [0.2, 0.25) is 5.02 Å². The van der Waals surface area contributed by atoms with Gasteiger partial charge in [-0.3, -0.25) is 9.78 Å². The van der Waals surface area contributed by atoms with Gasteiger partial charge in [0, 0.05) is 35.2 Å². The Bertz CT molecular complexity index is 1170. The van der Waals surface area contributed by atoms with Gasteiger partial charge in [0.25, 0.3) is 11.4 Å². The van der Waals surface area contributed by atoms with E-state index in [9.17, 15) is 4.79 Å². The van der Waals surface area contributed by atoms with Crippen molar-refractivity contribution in [2.24, 2.45) is 0 Å². The Morgan fingerprint density at radius 1 is 1.11 bits per heavy atom. The van der Waals surface area contributed by atoms with Crippen molar-refractivity contribution in [3.8, 4) is 22.8 Å². The molecule has 0 saturated heterocycles. The highest BCUT2D eigenvalue weighted by atomic mass is 35.5. The predicted octanol–water partition coefficient (Wildman–Crippen LogP) is 3.97. The fourth-order valence-electron chi connectivity index (χ4n) is 2.77. The van der Waals surface area contributed by atoms with E-state index in [0.29, 0.717) is 28.8 Å². The highest BCUT2D eigenvalue weighted by Crippen LogP contribution is 2.23. The predicted molar refractivity (Wildman–Crippen MR) is 103 cm³/mol.